The van der Waals surface area contributed by atoms with Gasteiger partial charge in [0, 0.05) is 12.5 Å². The number of rotatable bonds is 1. The van der Waals surface area contributed by atoms with E-state index in [0.717, 1.165) is 0 Å². The molecule has 1 heterocycles. The molecule has 2 aliphatic rings. The highest BCUT2D eigenvalue weighted by atomic mass is 16.7. The normalized spacial score (nSPS) is 47.1. The topological polar surface area (TPSA) is 73.9 Å². The van der Waals surface area contributed by atoms with Crippen molar-refractivity contribution >= 4 is 0 Å². The Labute approximate surface area is 70.2 Å². The molecule has 0 aromatic rings. The zero-order chi connectivity index (χ0) is 8.55. The molecule has 68 valence electrons. The van der Waals surface area contributed by atoms with E-state index in [4.69, 9.17) is 15.2 Å². The fraction of sp³-hybridized carbons (Fsp3) is 1.00. The minimum Gasteiger partial charge on any atom is -0.349 e. The van der Waals surface area contributed by atoms with Crippen LogP contribution in [0.1, 0.15) is 12.8 Å². The number of nitrogens with zero attached hydrogens (tertiary/aromatic N) is 1. The van der Waals surface area contributed by atoms with Crippen molar-refractivity contribution in [1.82, 2.24) is 0 Å². The van der Waals surface area contributed by atoms with Gasteiger partial charge in [-0.3, -0.25) is 0 Å². The summed E-state index contributed by atoms with van der Waals surface area (Å²) in [7, 11) is 0. The van der Waals surface area contributed by atoms with Crippen LogP contribution in [0.5, 0.6) is 0 Å². The van der Waals surface area contributed by atoms with Gasteiger partial charge in [0.1, 0.15) is 12.8 Å². The highest BCUT2D eigenvalue weighted by Gasteiger charge is 2.40. The van der Waals surface area contributed by atoms with Crippen LogP contribution in [0, 0.1) is 4.91 Å². The van der Waals surface area contributed by atoms with Crippen molar-refractivity contribution in [2.45, 2.75) is 37.1 Å². The van der Waals surface area contributed by atoms with E-state index in [0.29, 0.717) is 19.6 Å². The van der Waals surface area contributed by atoms with E-state index < -0.39 is 0 Å². The summed E-state index contributed by atoms with van der Waals surface area (Å²) in [4.78, 5) is 10.3. The number of nitrogens with two attached hydrogens (primary N) is 1. The van der Waals surface area contributed by atoms with Crippen LogP contribution in [-0.4, -0.2) is 31.1 Å². The maximum atomic E-state index is 10.3. The molecule has 5 heteroatoms. The molecule has 1 saturated carbocycles. The number of nitroso groups, excluding NO2 is 1. The molecule has 2 rings (SSSR count). The molecule has 5 nitrogen and oxygen atoms in total. The van der Waals surface area contributed by atoms with E-state index >= 15 is 0 Å². The van der Waals surface area contributed by atoms with Gasteiger partial charge in [-0.15, -0.1) is 0 Å². The number of fused-ring (bicyclic) bond motifs is 1. The smallest absolute Gasteiger partial charge is 0.147 e. The van der Waals surface area contributed by atoms with Gasteiger partial charge in [0.15, 0.2) is 0 Å². The highest BCUT2D eigenvalue weighted by molar-refractivity contribution is 4.94. The van der Waals surface area contributed by atoms with Gasteiger partial charge in [0.2, 0.25) is 0 Å². The van der Waals surface area contributed by atoms with Gasteiger partial charge >= 0.3 is 0 Å². The quantitative estimate of drug-likeness (QED) is 0.564. The minimum absolute atomic E-state index is 0.0347. The van der Waals surface area contributed by atoms with Crippen molar-refractivity contribution in [3.05, 3.63) is 4.91 Å². The van der Waals surface area contributed by atoms with Crippen LogP contribution >= 0.6 is 0 Å². The average molecular weight is 172 g/mol. The Morgan fingerprint density at radius 2 is 1.92 bits per heavy atom. The lowest BCUT2D eigenvalue weighted by molar-refractivity contribution is 0.0393. The van der Waals surface area contributed by atoms with Crippen molar-refractivity contribution in [3.8, 4) is 0 Å². The van der Waals surface area contributed by atoms with E-state index in [-0.39, 0.29) is 24.3 Å². The van der Waals surface area contributed by atoms with Gasteiger partial charge in [0.05, 0.1) is 12.2 Å². The Hall–Kier alpha value is -0.520. The average Bonchev–Trinajstić information content (AvgIpc) is 2.49. The molecule has 0 radical (unpaired) electrons. The first kappa shape index (κ1) is 8.10. The Morgan fingerprint density at radius 1 is 1.25 bits per heavy atom. The molecule has 4 atom stereocenters. The molecule has 2 N–H and O–H groups in total. The third-order valence-electron chi connectivity index (χ3n) is 2.59. The number of hydrogen-bond donors (Lipinski definition) is 1. The molecule has 2 fully saturated rings. The monoisotopic (exact) mass is 172 g/mol. The van der Waals surface area contributed by atoms with Crippen molar-refractivity contribution in [3.63, 3.8) is 0 Å². The molecule has 0 aromatic carbocycles. The van der Waals surface area contributed by atoms with Gasteiger partial charge in [-0.05, 0) is 6.42 Å². The van der Waals surface area contributed by atoms with Crippen LogP contribution < -0.4 is 5.73 Å². The maximum absolute atomic E-state index is 10.3. The minimum atomic E-state index is -0.298. The summed E-state index contributed by atoms with van der Waals surface area (Å²) in [5, 5.41) is 2.98. The summed E-state index contributed by atoms with van der Waals surface area (Å²) < 4.78 is 10.5. The molecular weight excluding hydrogens is 160 g/mol. The maximum Gasteiger partial charge on any atom is 0.147 e. The summed E-state index contributed by atoms with van der Waals surface area (Å²) in [5.41, 5.74) is 5.72. The number of hydrogen-bond acceptors (Lipinski definition) is 5. The third-order valence-corrected chi connectivity index (χ3v) is 2.59. The Bertz CT molecular complexity index is 187. The molecule has 0 amide bonds. The molecule has 0 bridgehead atoms. The predicted molar refractivity (Wildman–Crippen MR) is 41.4 cm³/mol. The van der Waals surface area contributed by atoms with Gasteiger partial charge in [-0.1, -0.05) is 5.18 Å². The van der Waals surface area contributed by atoms with E-state index in [2.05, 4.69) is 5.18 Å². The van der Waals surface area contributed by atoms with Crippen LogP contribution in [-0.2, 0) is 9.47 Å². The van der Waals surface area contributed by atoms with Crippen molar-refractivity contribution in [1.29, 1.82) is 0 Å². The van der Waals surface area contributed by atoms with Crippen molar-refractivity contribution < 1.29 is 9.47 Å². The van der Waals surface area contributed by atoms with E-state index in [9.17, 15) is 4.91 Å². The lowest BCUT2D eigenvalue weighted by Crippen LogP contribution is -2.46. The van der Waals surface area contributed by atoms with Crippen LogP contribution in [0.2, 0.25) is 0 Å². The van der Waals surface area contributed by atoms with Gasteiger partial charge < -0.3 is 15.2 Å². The zero-order valence-electron chi connectivity index (χ0n) is 6.68. The summed E-state index contributed by atoms with van der Waals surface area (Å²) in [6.07, 6.45) is 1.40. The molecular formula is C7H12N2O3. The predicted octanol–water partition coefficient (Wildman–Crippen LogP) is -0.0160. The highest BCUT2D eigenvalue weighted by Crippen LogP contribution is 2.29. The van der Waals surface area contributed by atoms with Gasteiger partial charge in [-0.25, -0.2) is 0 Å². The largest absolute Gasteiger partial charge is 0.349 e. The Kier molecular flexibility index (Phi) is 2.08. The van der Waals surface area contributed by atoms with Crippen LogP contribution in [0.4, 0.5) is 0 Å². The summed E-state index contributed by atoms with van der Waals surface area (Å²) >= 11 is 0. The molecule has 1 aliphatic heterocycles. The number of ether oxygens (including phenoxy) is 2. The van der Waals surface area contributed by atoms with E-state index in [1.165, 1.54) is 0 Å². The second kappa shape index (κ2) is 3.08. The summed E-state index contributed by atoms with van der Waals surface area (Å²) in [6, 6.07) is -0.460. The van der Waals surface area contributed by atoms with Crippen molar-refractivity contribution in [2.75, 3.05) is 6.79 Å². The molecule has 1 aliphatic carbocycles. The van der Waals surface area contributed by atoms with Crippen LogP contribution in [0.25, 0.3) is 0 Å². The summed E-state index contributed by atoms with van der Waals surface area (Å²) in [5.74, 6) is 0. The first-order valence-electron chi connectivity index (χ1n) is 4.12. The standard InChI is InChI=1S/C7H12N2O3/c8-4-1-6-7(12-3-11-6)2-5(4)9-10/h4-7H,1-3,8H2. The first-order valence-corrected chi connectivity index (χ1v) is 4.12. The second-order valence-electron chi connectivity index (χ2n) is 3.34. The molecule has 12 heavy (non-hydrogen) atoms. The molecule has 1 saturated heterocycles. The Balaban J connectivity index is 2.03. The van der Waals surface area contributed by atoms with Crippen LogP contribution in [0.15, 0.2) is 5.18 Å². The third kappa shape index (κ3) is 1.24. The second-order valence-corrected chi connectivity index (χ2v) is 3.34. The van der Waals surface area contributed by atoms with E-state index in [1.807, 2.05) is 0 Å². The Morgan fingerprint density at radius 3 is 2.58 bits per heavy atom. The fourth-order valence-corrected chi connectivity index (χ4v) is 1.83. The van der Waals surface area contributed by atoms with Crippen molar-refractivity contribution in [2.24, 2.45) is 10.9 Å². The molecule has 0 aromatic heterocycles. The zero-order valence-corrected chi connectivity index (χ0v) is 6.68. The lowest BCUT2D eigenvalue weighted by Gasteiger charge is -2.30. The van der Waals surface area contributed by atoms with Gasteiger partial charge in [-0.2, -0.15) is 4.91 Å². The lowest BCUT2D eigenvalue weighted by atomic mass is 9.87. The first-order chi connectivity index (χ1) is 5.81. The molecule has 0 spiro atoms. The van der Waals surface area contributed by atoms with E-state index in [1.54, 1.807) is 0 Å². The SMILES string of the molecule is NC1CC2OCOC2CC1N=O. The molecule has 4 unspecified atom stereocenters. The summed E-state index contributed by atoms with van der Waals surface area (Å²) in [6.45, 7) is 0.327. The van der Waals surface area contributed by atoms with Gasteiger partial charge in [0.25, 0.3) is 0 Å². The van der Waals surface area contributed by atoms with Crippen LogP contribution in [0.3, 0.4) is 0 Å². The fourth-order valence-electron chi connectivity index (χ4n) is 1.83.